The molecule has 0 amide bonds. The van der Waals surface area contributed by atoms with Crippen LogP contribution in [-0.2, 0) is 10.5 Å². The predicted octanol–water partition coefficient (Wildman–Crippen LogP) is 2.43. The molecule has 0 bridgehead atoms. The van der Waals surface area contributed by atoms with Gasteiger partial charge in [0.1, 0.15) is 0 Å². The molecule has 1 unspecified atom stereocenters. The van der Waals surface area contributed by atoms with Crippen molar-refractivity contribution >= 4 is 17.7 Å². The van der Waals surface area contributed by atoms with E-state index in [2.05, 4.69) is 29.6 Å². The second-order valence-electron chi connectivity index (χ2n) is 4.22. The average Bonchev–Trinajstić information content (AvgIpc) is 2.34. The fourth-order valence-electron chi connectivity index (χ4n) is 2.07. The van der Waals surface area contributed by atoms with Crippen molar-refractivity contribution in [3.8, 4) is 0 Å². The van der Waals surface area contributed by atoms with Crippen LogP contribution in [-0.4, -0.2) is 23.4 Å². The summed E-state index contributed by atoms with van der Waals surface area (Å²) in [7, 11) is 0. The molecule has 1 aromatic carbocycles. The molecule has 0 saturated heterocycles. The largest absolute Gasteiger partial charge is 0.481 e. The predicted molar refractivity (Wildman–Crippen MR) is 70.2 cm³/mol. The molecule has 1 aliphatic rings. The first-order chi connectivity index (χ1) is 8.27. The maximum atomic E-state index is 10.4. The Morgan fingerprint density at radius 1 is 1.47 bits per heavy atom. The van der Waals surface area contributed by atoms with E-state index >= 15 is 0 Å². The Bertz CT molecular complexity index is 395. The van der Waals surface area contributed by atoms with Crippen molar-refractivity contribution in [2.45, 2.75) is 24.6 Å². The number of aliphatic carboxylic acids is 1. The molecule has 0 radical (unpaired) electrons. The first-order valence-corrected chi connectivity index (χ1v) is 7.03. The molecule has 0 saturated carbocycles. The summed E-state index contributed by atoms with van der Waals surface area (Å²) in [6.45, 7) is 0.770. The van der Waals surface area contributed by atoms with Gasteiger partial charge in [-0.3, -0.25) is 4.79 Å². The maximum Gasteiger partial charge on any atom is 0.303 e. The standard InChI is InChI=1S/C13H17NO2S/c15-13(16)6-3-7-14-12-9-17-8-10-4-1-2-5-11(10)12/h1-2,4-5,12,14H,3,6-9H2,(H,15,16). The van der Waals surface area contributed by atoms with Crippen LogP contribution < -0.4 is 5.32 Å². The van der Waals surface area contributed by atoms with Crippen molar-refractivity contribution < 1.29 is 9.90 Å². The fraction of sp³-hybridized carbons (Fsp3) is 0.462. The maximum absolute atomic E-state index is 10.4. The van der Waals surface area contributed by atoms with Gasteiger partial charge < -0.3 is 10.4 Å². The summed E-state index contributed by atoms with van der Waals surface area (Å²) in [5.74, 6) is 1.44. The molecular weight excluding hydrogens is 234 g/mol. The zero-order valence-corrected chi connectivity index (χ0v) is 10.5. The molecule has 2 rings (SSSR count). The van der Waals surface area contributed by atoms with Crippen molar-refractivity contribution in [2.75, 3.05) is 12.3 Å². The van der Waals surface area contributed by atoms with Crippen LogP contribution in [0.15, 0.2) is 24.3 Å². The van der Waals surface area contributed by atoms with Gasteiger partial charge in [0.15, 0.2) is 0 Å². The molecule has 4 heteroatoms. The lowest BCUT2D eigenvalue weighted by atomic mass is 10.0. The summed E-state index contributed by atoms with van der Waals surface area (Å²) in [6, 6.07) is 8.86. The molecule has 17 heavy (non-hydrogen) atoms. The number of thioether (sulfide) groups is 1. The number of hydrogen-bond donors (Lipinski definition) is 2. The molecule has 1 aliphatic heterocycles. The molecule has 1 aromatic rings. The summed E-state index contributed by atoms with van der Waals surface area (Å²) >= 11 is 1.93. The first-order valence-electron chi connectivity index (χ1n) is 5.88. The van der Waals surface area contributed by atoms with E-state index in [1.165, 1.54) is 11.1 Å². The van der Waals surface area contributed by atoms with E-state index in [-0.39, 0.29) is 6.42 Å². The van der Waals surface area contributed by atoms with Gasteiger partial charge in [0.2, 0.25) is 0 Å². The van der Waals surface area contributed by atoms with Crippen LogP contribution in [0.4, 0.5) is 0 Å². The third-order valence-corrected chi connectivity index (χ3v) is 4.01. The van der Waals surface area contributed by atoms with Gasteiger partial charge in [-0.1, -0.05) is 24.3 Å². The summed E-state index contributed by atoms with van der Waals surface area (Å²) in [5.41, 5.74) is 2.78. The molecular formula is C13H17NO2S. The van der Waals surface area contributed by atoms with Crippen molar-refractivity contribution in [3.63, 3.8) is 0 Å². The molecule has 0 aliphatic carbocycles. The smallest absolute Gasteiger partial charge is 0.303 e. The number of fused-ring (bicyclic) bond motifs is 1. The van der Waals surface area contributed by atoms with Gasteiger partial charge in [-0.25, -0.2) is 0 Å². The quantitative estimate of drug-likeness (QED) is 0.789. The number of rotatable bonds is 5. The van der Waals surface area contributed by atoms with Gasteiger partial charge in [-0.2, -0.15) is 11.8 Å². The summed E-state index contributed by atoms with van der Waals surface area (Å²) in [6.07, 6.45) is 0.938. The van der Waals surface area contributed by atoms with E-state index in [1.807, 2.05) is 11.8 Å². The zero-order chi connectivity index (χ0) is 12.1. The molecule has 1 atom stereocenters. The fourth-order valence-corrected chi connectivity index (χ4v) is 3.20. The van der Waals surface area contributed by atoms with Crippen LogP contribution in [0, 0.1) is 0 Å². The minimum absolute atomic E-state index is 0.245. The summed E-state index contributed by atoms with van der Waals surface area (Å²) in [5, 5.41) is 12.0. The Labute approximate surface area is 106 Å². The normalized spacial score (nSPS) is 18.7. The first kappa shape index (κ1) is 12.5. The van der Waals surface area contributed by atoms with E-state index in [0.717, 1.165) is 18.1 Å². The average molecular weight is 251 g/mol. The van der Waals surface area contributed by atoms with Crippen LogP contribution in [0.25, 0.3) is 0 Å². The molecule has 0 spiro atoms. The number of carboxylic acids is 1. The van der Waals surface area contributed by atoms with Crippen molar-refractivity contribution in [2.24, 2.45) is 0 Å². The van der Waals surface area contributed by atoms with Gasteiger partial charge in [0.05, 0.1) is 0 Å². The number of hydrogen-bond acceptors (Lipinski definition) is 3. The lowest BCUT2D eigenvalue weighted by Crippen LogP contribution is -2.27. The van der Waals surface area contributed by atoms with Crippen LogP contribution >= 0.6 is 11.8 Å². The van der Waals surface area contributed by atoms with Crippen LogP contribution in [0.3, 0.4) is 0 Å². The molecule has 0 fully saturated rings. The highest BCUT2D eigenvalue weighted by Crippen LogP contribution is 2.31. The SMILES string of the molecule is O=C(O)CCCNC1CSCc2ccccc21. The van der Waals surface area contributed by atoms with E-state index < -0.39 is 5.97 Å². The van der Waals surface area contributed by atoms with Crippen molar-refractivity contribution in [1.29, 1.82) is 0 Å². The summed E-state index contributed by atoms with van der Waals surface area (Å²) < 4.78 is 0. The second-order valence-corrected chi connectivity index (χ2v) is 5.25. The highest BCUT2D eigenvalue weighted by Gasteiger charge is 2.19. The van der Waals surface area contributed by atoms with Crippen LogP contribution in [0.5, 0.6) is 0 Å². The van der Waals surface area contributed by atoms with Crippen LogP contribution in [0.2, 0.25) is 0 Å². The van der Waals surface area contributed by atoms with Gasteiger partial charge in [-0.15, -0.1) is 0 Å². The monoisotopic (exact) mass is 251 g/mol. The minimum Gasteiger partial charge on any atom is -0.481 e. The number of carbonyl (C=O) groups is 1. The Hall–Kier alpha value is -1.00. The third-order valence-electron chi connectivity index (χ3n) is 2.93. The highest BCUT2D eigenvalue weighted by molar-refractivity contribution is 7.98. The van der Waals surface area contributed by atoms with E-state index in [1.54, 1.807) is 0 Å². The van der Waals surface area contributed by atoms with Gasteiger partial charge in [-0.05, 0) is 24.1 Å². The molecule has 2 N–H and O–H groups in total. The Balaban J connectivity index is 1.88. The van der Waals surface area contributed by atoms with E-state index in [9.17, 15) is 4.79 Å². The van der Waals surface area contributed by atoms with Crippen LogP contribution in [0.1, 0.15) is 30.0 Å². The third kappa shape index (κ3) is 3.48. The molecule has 0 aromatic heterocycles. The Kier molecular flexibility index (Phi) is 4.45. The molecule has 1 heterocycles. The van der Waals surface area contributed by atoms with Gasteiger partial charge in [0, 0.05) is 24.0 Å². The lowest BCUT2D eigenvalue weighted by Gasteiger charge is -2.26. The number of nitrogens with one attached hydrogen (secondary N) is 1. The number of carboxylic acid groups (broad SMARTS) is 1. The number of benzene rings is 1. The molecule has 92 valence electrons. The van der Waals surface area contributed by atoms with E-state index in [4.69, 9.17) is 5.11 Å². The Morgan fingerprint density at radius 3 is 3.12 bits per heavy atom. The van der Waals surface area contributed by atoms with Gasteiger partial charge >= 0.3 is 5.97 Å². The lowest BCUT2D eigenvalue weighted by molar-refractivity contribution is -0.137. The zero-order valence-electron chi connectivity index (χ0n) is 9.69. The van der Waals surface area contributed by atoms with E-state index in [0.29, 0.717) is 12.5 Å². The molecule has 3 nitrogen and oxygen atoms in total. The van der Waals surface area contributed by atoms with Gasteiger partial charge in [0.25, 0.3) is 0 Å². The topological polar surface area (TPSA) is 49.3 Å². The second kappa shape index (κ2) is 6.07. The van der Waals surface area contributed by atoms with Crippen molar-refractivity contribution in [3.05, 3.63) is 35.4 Å². The summed E-state index contributed by atoms with van der Waals surface area (Å²) in [4.78, 5) is 10.4. The highest BCUT2D eigenvalue weighted by atomic mass is 32.2. The minimum atomic E-state index is -0.717. The Morgan fingerprint density at radius 2 is 2.29 bits per heavy atom. The van der Waals surface area contributed by atoms with Crippen molar-refractivity contribution in [1.82, 2.24) is 5.32 Å².